The fourth-order valence-corrected chi connectivity index (χ4v) is 0.998. The van der Waals surface area contributed by atoms with Crippen molar-refractivity contribution in [3.8, 4) is 17.1 Å². The number of nitrogens with one attached hydrogen (secondary N) is 1. The van der Waals surface area contributed by atoms with Gasteiger partial charge < -0.3 is 5.11 Å². The van der Waals surface area contributed by atoms with Gasteiger partial charge in [0.2, 0.25) is 0 Å². The number of aromatic amines is 1. The molecule has 0 fully saturated rings. The largest absolute Gasteiger partial charge is 0.872 e. The third-order valence-corrected chi connectivity index (χ3v) is 1.56. The molecule has 0 unspecified atom stereocenters. The van der Waals surface area contributed by atoms with E-state index in [2.05, 4.69) is 15.2 Å². The fourth-order valence-electron chi connectivity index (χ4n) is 0.998. The SMILES string of the molecule is [O-]c1ccccc1-c1ncn[nH]1. The summed E-state index contributed by atoms with van der Waals surface area (Å²) < 4.78 is 0. The molecule has 0 amide bonds. The van der Waals surface area contributed by atoms with Crippen molar-refractivity contribution in [2.75, 3.05) is 0 Å². The minimum Gasteiger partial charge on any atom is -0.872 e. The summed E-state index contributed by atoms with van der Waals surface area (Å²) in [5.41, 5.74) is 0.551. The van der Waals surface area contributed by atoms with Gasteiger partial charge in [-0.1, -0.05) is 30.0 Å². The van der Waals surface area contributed by atoms with Gasteiger partial charge in [0.1, 0.15) is 6.33 Å². The zero-order chi connectivity index (χ0) is 8.39. The highest BCUT2D eigenvalue weighted by molar-refractivity contribution is 5.61. The molecule has 0 saturated heterocycles. The molecule has 1 aromatic carbocycles. The highest BCUT2D eigenvalue weighted by Gasteiger charge is 1.98. The van der Waals surface area contributed by atoms with Gasteiger partial charge in [-0.2, -0.15) is 5.10 Å². The Hall–Kier alpha value is -1.84. The first-order valence-electron chi connectivity index (χ1n) is 3.50. The second-order valence-electron chi connectivity index (χ2n) is 2.33. The van der Waals surface area contributed by atoms with Crippen molar-refractivity contribution in [2.24, 2.45) is 0 Å². The van der Waals surface area contributed by atoms with E-state index in [9.17, 15) is 5.11 Å². The van der Waals surface area contributed by atoms with Gasteiger partial charge in [0, 0.05) is 5.56 Å². The van der Waals surface area contributed by atoms with Crippen LogP contribution in [-0.4, -0.2) is 15.2 Å². The monoisotopic (exact) mass is 160 g/mol. The van der Waals surface area contributed by atoms with Crippen molar-refractivity contribution in [2.45, 2.75) is 0 Å². The quantitative estimate of drug-likeness (QED) is 0.662. The molecule has 4 heteroatoms. The first-order valence-corrected chi connectivity index (χ1v) is 3.50. The van der Waals surface area contributed by atoms with Gasteiger partial charge >= 0.3 is 0 Å². The van der Waals surface area contributed by atoms with Crippen molar-refractivity contribution < 1.29 is 5.11 Å². The molecule has 0 saturated carbocycles. The average Bonchev–Trinajstić information content (AvgIpc) is 2.57. The molecule has 0 atom stereocenters. The molecule has 0 bridgehead atoms. The molecule has 2 aromatic rings. The average molecular weight is 160 g/mol. The lowest BCUT2D eigenvalue weighted by molar-refractivity contribution is -0.267. The Morgan fingerprint density at radius 1 is 1.25 bits per heavy atom. The second kappa shape index (κ2) is 2.65. The zero-order valence-electron chi connectivity index (χ0n) is 6.19. The number of benzene rings is 1. The summed E-state index contributed by atoms with van der Waals surface area (Å²) in [5.74, 6) is 0.467. The van der Waals surface area contributed by atoms with Crippen LogP contribution in [-0.2, 0) is 0 Å². The van der Waals surface area contributed by atoms with E-state index in [1.54, 1.807) is 18.2 Å². The zero-order valence-corrected chi connectivity index (χ0v) is 6.19. The molecule has 0 aliphatic rings. The van der Waals surface area contributed by atoms with Crippen LogP contribution in [0.3, 0.4) is 0 Å². The summed E-state index contributed by atoms with van der Waals surface area (Å²) >= 11 is 0. The summed E-state index contributed by atoms with van der Waals surface area (Å²) in [6.07, 6.45) is 1.38. The Balaban J connectivity index is 2.55. The van der Waals surface area contributed by atoms with Crippen LogP contribution in [0.25, 0.3) is 11.4 Å². The van der Waals surface area contributed by atoms with E-state index in [0.717, 1.165) is 0 Å². The molecule has 1 heterocycles. The Morgan fingerprint density at radius 2 is 2.08 bits per heavy atom. The molecule has 4 nitrogen and oxygen atoms in total. The highest BCUT2D eigenvalue weighted by atomic mass is 16.3. The maximum atomic E-state index is 11.2. The van der Waals surface area contributed by atoms with Gasteiger partial charge in [0.25, 0.3) is 0 Å². The summed E-state index contributed by atoms with van der Waals surface area (Å²) in [6, 6.07) is 6.70. The lowest BCUT2D eigenvalue weighted by atomic mass is 10.2. The minimum absolute atomic E-state index is 0.0470. The number of aromatic nitrogens is 3. The number of rotatable bonds is 1. The Bertz CT molecular complexity index is 370. The van der Waals surface area contributed by atoms with Gasteiger partial charge in [-0.3, -0.25) is 5.10 Å². The van der Waals surface area contributed by atoms with E-state index >= 15 is 0 Å². The van der Waals surface area contributed by atoms with Crippen LogP contribution in [0.4, 0.5) is 0 Å². The second-order valence-corrected chi connectivity index (χ2v) is 2.33. The van der Waals surface area contributed by atoms with Crippen molar-refractivity contribution >= 4 is 0 Å². The number of H-pyrrole nitrogens is 1. The van der Waals surface area contributed by atoms with E-state index < -0.39 is 0 Å². The van der Waals surface area contributed by atoms with E-state index in [-0.39, 0.29) is 5.75 Å². The highest BCUT2D eigenvalue weighted by Crippen LogP contribution is 2.21. The fraction of sp³-hybridized carbons (Fsp3) is 0. The maximum Gasteiger partial charge on any atom is 0.154 e. The molecule has 0 aliphatic heterocycles. The standard InChI is InChI=1S/C8H7N3O/c12-7-4-2-1-3-6(7)8-9-5-10-11-8/h1-5,12H,(H,9,10,11)/p-1. The van der Waals surface area contributed by atoms with Crippen molar-refractivity contribution in [1.29, 1.82) is 0 Å². The van der Waals surface area contributed by atoms with E-state index in [1.807, 2.05) is 0 Å². The molecular weight excluding hydrogens is 154 g/mol. The van der Waals surface area contributed by atoms with E-state index in [0.29, 0.717) is 11.4 Å². The number of hydrogen-bond acceptors (Lipinski definition) is 3. The van der Waals surface area contributed by atoms with Crippen LogP contribution in [0.5, 0.6) is 5.75 Å². The number of nitrogens with zero attached hydrogens (tertiary/aromatic N) is 2. The Kier molecular flexibility index (Phi) is 1.51. The van der Waals surface area contributed by atoms with Crippen LogP contribution in [0.2, 0.25) is 0 Å². The van der Waals surface area contributed by atoms with Gasteiger partial charge in [-0.25, -0.2) is 4.98 Å². The van der Waals surface area contributed by atoms with Gasteiger partial charge in [0.05, 0.1) is 0 Å². The van der Waals surface area contributed by atoms with Crippen molar-refractivity contribution in [1.82, 2.24) is 15.2 Å². The van der Waals surface area contributed by atoms with Crippen molar-refractivity contribution in [3.05, 3.63) is 30.6 Å². The maximum absolute atomic E-state index is 11.2. The summed E-state index contributed by atoms with van der Waals surface area (Å²) in [6.45, 7) is 0. The lowest BCUT2D eigenvalue weighted by Gasteiger charge is -2.08. The van der Waals surface area contributed by atoms with Crippen LogP contribution >= 0.6 is 0 Å². The first kappa shape index (κ1) is 6.84. The first-order chi connectivity index (χ1) is 5.88. The summed E-state index contributed by atoms with van der Waals surface area (Å²) in [5, 5.41) is 17.5. The van der Waals surface area contributed by atoms with Gasteiger partial charge in [0.15, 0.2) is 5.82 Å². The number of hydrogen-bond donors (Lipinski definition) is 1. The molecule has 60 valence electrons. The predicted octanol–water partition coefficient (Wildman–Crippen LogP) is 0.545. The van der Waals surface area contributed by atoms with Crippen LogP contribution in [0, 0.1) is 0 Å². The van der Waals surface area contributed by atoms with Crippen LogP contribution in [0.1, 0.15) is 0 Å². The van der Waals surface area contributed by atoms with Gasteiger partial charge in [-0.15, -0.1) is 0 Å². The van der Waals surface area contributed by atoms with E-state index in [1.165, 1.54) is 12.4 Å². The predicted molar refractivity (Wildman–Crippen MR) is 41.3 cm³/mol. The lowest BCUT2D eigenvalue weighted by Crippen LogP contribution is -1.93. The molecule has 2 rings (SSSR count). The van der Waals surface area contributed by atoms with Crippen molar-refractivity contribution in [3.63, 3.8) is 0 Å². The third kappa shape index (κ3) is 1.03. The third-order valence-electron chi connectivity index (χ3n) is 1.56. The molecule has 0 spiro atoms. The molecule has 0 aliphatic carbocycles. The normalized spacial score (nSPS) is 10.0. The molecule has 1 N–H and O–H groups in total. The van der Waals surface area contributed by atoms with Crippen LogP contribution < -0.4 is 5.11 Å². The Labute approximate surface area is 68.9 Å². The summed E-state index contributed by atoms with van der Waals surface area (Å²) in [4.78, 5) is 3.88. The smallest absolute Gasteiger partial charge is 0.154 e. The molecular formula is C8H6N3O-. The molecule has 12 heavy (non-hydrogen) atoms. The van der Waals surface area contributed by atoms with E-state index in [4.69, 9.17) is 0 Å². The molecule has 1 aromatic heterocycles. The minimum atomic E-state index is -0.0470. The Morgan fingerprint density at radius 3 is 2.75 bits per heavy atom. The number of para-hydroxylation sites is 1. The van der Waals surface area contributed by atoms with Gasteiger partial charge in [-0.05, 0) is 0 Å². The van der Waals surface area contributed by atoms with Crippen LogP contribution in [0.15, 0.2) is 30.6 Å². The molecule has 0 radical (unpaired) electrons. The topological polar surface area (TPSA) is 64.6 Å². The summed E-state index contributed by atoms with van der Waals surface area (Å²) in [7, 11) is 0.